The van der Waals surface area contributed by atoms with Crippen molar-refractivity contribution in [1.82, 2.24) is 10.3 Å². The predicted molar refractivity (Wildman–Crippen MR) is 128 cm³/mol. The maximum atomic E-state index is 13.9. The van der Waals surface area contributed by atoms with E-state index in [9.17, 15) is 14.4 Å². The lowest BCUT2D eigenvalue weighted by atomic mass is 10.0. The molecule has 2 aromatic carbocycles. The van der Waals surface area contributed by atoms with Crippen LogP contribution in [0.1, 0.15) is 37.0 Å². The summed E-state index contributed by atoms with van der Waals surface area (Å²) in [5.74, 6) is -0.167. The number of rotatable bonds is 5. The van der Waals surface area contributed by atoms with Crippen molar-refractivity contribution in [3.63, 3.8) is 0 Å². The Kier molecular flexibility index (Phi) is 6.16. The molecule has 0 aliphatic carbocycles. The fourth-order valence-electron chi connectivity index (χ4n) is 4.18. The van der Waals surface area contributed by atoms with Gasteiger partial charge in [-0.15, -0.1) is 5.10 Å². The average Bonchev–Trinajstić information content (AvgIpc) is 3.23. The van der Waals surface area contributed by atoms with Crippen molar-refractivity contribution in [3.05, 3.63) is 59.2 Å². The Morgan fingerprint density at radius 3 is 2.61 bits per heavy atom. The van der Waals surface area contributed by atoms with Gasteiger partial charge in [0.2, 0.25) is 16.7 Å². The Bertz CT molecular complexity index is 1160. The molecule has 4 rings (SSSR count). The zero-order valence-corrected chi connectivity index (χ0v) is 19.9. The molecule has 8 nitrogen and oxygen atoms in total. The van der Waals surface area contributed by atoms with E-state index in [0.717, 1.165) is 34.3 Å². The van der Waals surface area contributed by atoms with Crippen molar-refractivity contribution in [2.45, 2.75) is 39.0 Å². The van der Waals surface area contributed by atoms with E-state index >= 15 is 0 Å². The second kappa shape index (κ2) is 8.90. The number of para-hydroxylation sites is 1. The van der Waals surface area contributed by atoms with Gasteiger partial charge in [0.15, 0.2) is 5.17 Å². The highest BCUT2D eigenvalue weighted by Gasteiger charge is 2.61. The van der Waals surface area contributed by atoms with Crippen molar-refractivity contribution in [2.75, 3.05) is 18.1 Å². The normalized spacial score (nSPS) is 19.0. The van der Waals surface area contributed by atoms with Crippen LogP contribution in [0.5, 0.6) is 5.75 Å². The highest BCUT2D eigenvalue weighted by molar-refractivity contribution is 8.15. The van der Waals surface area contributed by atoms with Gasteiger partial charge >= 0.3 is 0 Å². The van der Waals surface area contributed by atoms with Crippen LogP contribution in [0.3, 0.4) is 0 Å². The molecule has 1 N–H and O–H groups in total. The van der Waals surface area contributed by atoms with E-state index in [1.165, 1.54) is 18.9 Å². The molecular formula is C24H26N4O4S. The van der Waals surface area contributed by atoms with Crippen LogP contribution in [0, 0.1) is 13.8 Å². The lowest BCUT2D eigenvalue weighted by Gasteiger charge is -2.29. The summed E-state index contributed by atoms with van der Waals surface area (Å²) in [4.78, 5) is 38.4. The van der Waals surface area contributed by atoms with Crippen LogP contribution in [0.15, 0.2) is 47.6 Å². The first-order valence-corrected chi connectivity index (χ1v) is 11.5. The second-order valence-corrected chi connectivity index (χ2v) is 9.29. The lowest BCUT2D eigenvalue weighted by molar-refractivity contribution is -0.139. The zero-order valence-electron chi connectivity index (χ0n) is 19.0. The highest BCUT2D eigenvalue weighted by atomic mass is 32.2. The number of benzene rings is 2. The number of carbonyl (C=O) groups excluding carboxylic acids is 3. The third kappa shape index (κ3) is 4.08. The zero-order chi connectivity index (χ0) is 23.8. The molecule has 0 unspecified atom stereocenters. The molecule has 1 spiro atoms. The van der Waals surface area contributed by atoms with Gasteiger partial charge in [-0.25, -0.2) is 0 Å². The van der Waals surface area contributed by atoms with E-state index in [1.807, 2.05) is 56.3 Å². The molecule has 9 heteroatoms. The van der Waals surface area contributed by atoms with Gasteiger partial charge in [-0.05, 0) is 55.3 Å². The standard InChI is InChI=1S/C24H26N4O4S/c1-15-8-5-10-19(14-15)32-13-7-12-27-21-16(2)9-6-11-20(21)24(22(27)31)28(18(4)30)26-23(33-24)25-17(3)29/h5-6,8-11,14H,7,12-13H2,1-4H3,(H,25,26,29)/t24-/m1/s1. The minimum absolute atomic E-state index is 0.225. The van der Waals surface area contributed by atoms with Crippen LogP contribution in [0.25, 0.3) is 0 Å². The number of amides is 3. The molecule has 172 valence electrons. The summed E-state index contributed by atoms with van der Waals surface area (Å²) in [7, 11) is 0. The van der Waals surface area contributed by atoms with Crippen molar-refractivity contribution >= 4 is 40.3 Å². The summed E-state index contributed by atoms with van der Waals surface area (Å²) in [6, 6.07) is 13.5. The number of thioether (sulfide) groups is 1. The molecule has 2 aromatic rings. The molecule has 0 saturated heterocycles. The van der Waals surface area contributed by atoms with Crippen molar-refractivity contribution < 1.29 is 19.1 Å². The quantitative estimate of drug-likeness (QED) is 0.683. The van der Waals surface area contributed by atoms with Crippen LogP contribution in [0.4, 0.5) is 5.69 Å². The number of amidine groups is 1. The number of anilines is 1. The van der Waals surface area contributed by atoms with Crippen molar-refractivity contribution in [2.24, 2.45) is 5.10 Å². The van der Waals surface area contributed by atoms with E-state index in [1.54, 1.807) is 4.90 Å². The number of nitrogens with one attached hydrogen (secondary N) is 1. The Balaban J connectivity index is 1.60. The number of nitrogens with zero attached hydrogens (tertiary/aromatic N) is 3. The van der Waals surface area contributed by atoms with Gasteiger partial charge in [0, 0.05) is 26.0 Å². The molecule has 0 radical (unpaired) electrons. The number of hydrogen-bond donors (Lipinski definition) is 1. The van der Waals surface area contributed by atoms with Crippen LogP contribution in [-0.4, -0.2) is 41.0 Å². The number of hydrogen-bond acceptors (Lipinski definition) is 6. The Labute approximate surface area is 197 Å². The van der Waals surface area contributed by atoms with E-state index in [0.29, 0.717) is 25.1 Å². The second-order valence-electron chi connectivity index (χ2n) is 8.11. The molecule has 0 aromatic heterocycles. The summed E-state index contributed by atoms with van der Waals surface area (Å²) in [6.07, 6.45) is 0.605. The maximum Gasteiger partial charge on any atom is 0.270 e. The molecule has 2 heterocycles. The van der Waals surface area contributed by atoms with Crippen LogP contribution in [0.2, 0.25) is 0 Å². The summed E-state index contributed by atoms with van der Waals surface area (Å²) < 4.78 is 5.86. The Morgan fingerprint density at radius 2 is 1.91 bits per heavy atom. The third-order valence-corrected chi connectivity index (χ3v) is 6.75. The number of fused-ring (bicyclic) bond motifs is 2. The van der Waals surface area contributed by atoms with Gasteiger partial charge in [0.1, 0.15) is 5.75 Å². The SMILES string of the molecule is CC(=O)NC1=NN(C(C)=O)[C@]2(S1)C(=O)N(CCCOc1cccc(C)c1)c1c(C)cccc12. The first-order valence-electron chi connectivity index (χ1n) is 10.7. The summed E-state index contributed by atoms with van der Waals surface area (Å²) in [5, 5.41) is 8.32. The first kappa shape index (κ1) is 22.8. The molecule has 3 amide bonds. The van der Waals surface area contributed by atoms with Gasteiger partial charge < -0.3 is 15.0 Å². The lowest BCUT2D eigenvalue weighted by Crippen LogP contribution is -2.48. The number of aryl methyl sites for hydroxylation is 2. The minimum Gasteiger partial charge on any atom is -0.494 e. The molecule has 0 saturated carbocycles. The van der Waals surface area contributed by atoms with E-state index in [-0.39, 0.29) is 22.9 Å². The fourth-order valence-corrected chi connectivity index (χ4v) is 5.51. The molecule has 1 atom stereocenters. The van der Waals surface area contributed by atoms with Gasteiger partial charge in [-0.2, -0.15) is 5.01 Å². The van der Waals surface area contributed by atoms with E-state index < -0.39 is 4.87 Å². The first-order chi connectivity index (χ1) is 15.7. The van der Waals surface area contributed by atoms with Crippen LogP contribution in [-0.2, 0) is 19.3 Å². The summed E-state index contributed by atoms with van der Waals surface area (Å²) >= 11 is 1.09. The number of ether oxygens (including phenoxy) is 1. The van der Waals surface area contributed by atoms with Gasteiger partial charge in [-0.3, -0.25) is 14.4 Å². The fraction of sp³-hybridized carbons (Fsp3) is 0.333. The highest BCUT2D eigenvalue weighted by Crippen LogP contribution is 2.55. The number of hydrazone groups is 1. The van der Waals surface area contributed by atoms with Gasteiger partial charge in [0.05, 0.1) is 12.3 Å². The largest absolute Gasteiger partial charge is 0.494 e. The molecule has 2 aliphatic heterocycles. The minimum atomic E-state index is -1.37. The predicted octanol–water partition coefficient (Wildman–Crippen LogP) is 3.27. The topological polar surface area (TPSA) is 91.3 Å². The molecule has 0 fully saturated rings. The average molecular weight is 467 g/mol. The summed E-state index contributed by atoms with van der Waals surface area (Å²) in [5.41, 5.74) is 3.51. The molecule has 2 aliphatic rings. The maximum absolute atomic E-state index is 13.9. The molecule has 33 heavy (non-hydrogen) atoms. The molecule has 0 bridgehead atoms. The van der Waals surface area contributed by atoms with E-state index in [2.05, 4.69) is 10.4 Å². The van der Waals surface area contributed by atoms with Gasteiger partial charge in [-0.1, -0.05) is 30.3 Å². The van der Waals surface area contributed by atoms with Crippen LogP contribution >= 0.6 is 11.8 Å². The van der Waals surface area contributed by atoms with Crippen molar-refractivity contribution in [1.29, 1.82) is 0 Å². The monoisotopic (exact) mass is 466 g/mol. The smallest absolute Gasteiger partial charge is 0.270 e. The summed E-state index contributed by atoms with van der Waals surface area (Å²) in [6.45, 7) is 7.54. The number of carbonyl (C=O) groups is 3. The third-order valence-electron chi connectivity index (χ3n) is 5.51. The molecular weight excluding hydrogens is 440 g/mol. The van der Waals surface area contributed by atoms with E-state index in [4.69, 9.17) is 4.74 Å². The van der Waals surface area contributed by atoms with Gasteiger partial charge in [0.25, 0.3) is 5.91 Å². The Hall–Kier alpha value is -3.33. The van der Waals surface area contributed by atoms with Crippen LogP contribution < -0.4 is 15.0 Å². The Morgan fingerprint density at radius 1 is 1.15 bits per heavy atom. The van der Waals surface area contributed by atoms with Crippen molar-refractivity contribution in [3.8, 4) is 5.75 Å².